The predicted molar refractivity (Wildman–Crippen MR) is 110 cm³/mol. The topological polar surface area (TPSA) is 90.9 Å². The number of amides is 1. The zero-order valence-corrected chi connectivity index (χ0v) is 16.8. The molecule has 3 aromatic rings. The number of likely N-dealkylation sites (tertiary alicyclic amines) is 1. The highest BCUT2D eigenvalue weighted by atomic mass is 16.2. The number of aryl methyl sites for hydroxylation is 1. The summed E-state index contributed by atoms with van der Waals surface area (Å²) in [6.07, 6.45) is 8.16. The number of aromatic nitrogens is 5. The molecule has 0 aliphatic carbocycles. The van der Waals surface area contributed by atoms with Crippen LogP contribution >= 0.6 is 0 Å². The maximum atomic E-state index is 12.7. The maximum Gasteiger partial charge on any atom is 0.271 e. The molecule has 2 aliphatic rings. The molecular weight excluding hydrogens is 366 g/mol. The second-order valence-corrected chi connectivity index (χ2v) is 8.42. The summed E-state index contributed by atoms with van der Waals surface area (Å²) in [4.78, 5) is 37.7. The van der Waals surface area contributed by atoms with Crippen LogP contribution in [-0.2, 0) is 0 Å². The van der Waals surface area contributed by atoms with Gasteiger partial charge in [-0.15, -0.1) is 0 Å². The Hall–Kier alpha value is -3.03. The standard InChI is InChI=1S/C21H25N7O/c1-14-11-21(5-9-27(10-6-21)20(29)17-12-24-15(2)25-17)13-28(14)18-4-3-16-19(26-18)23-8-7-22-16/h3-4,7-8,12,14H,5-6,9-11,13H2,1-2H3,(H,24,25). The normalized spacial score (nSPS) is 21.2. The van der Waals surface area contributed by atoms with Crippen molar-refractivity contribution in [3.05, 3.63) is 42.2 Å². The Morgan fingerprint density at radius 3 is 2.72 bits per heavy atom. The predicted octanol–water partition coefficient (Wildman–Crippen LogP) is 2.58. The molecule has 3 aromatic heterocycles. The van der Waals surface area contributed by atoms with Gasteiger partial charge >= 0.3 is 0 Å². The van der Waals surface area contributed by atoms with E-state index in [1.165, 1.54) is 0 Å². The van der Waals surface area contributed by atoms with Crippen molar-refractivity contribution in [1.29, 1.82) is 0 Å². The maximum absolute atomic E-state index is 12.7. The Kier molecular flexibility index (Phi) is 4.22. The van der Waals surface area contributed by atoms with Crippen molar-refractivity contribution in [3.8, 4) is 0 Å². The average Bonchev–Trinajstić information content (AvgIpc) is 3.31. The molecule has 8 nitrogen and oxygen atoms in total. The van der Waals surface area contributed by atoms with Gasteiger partial charge in [-0.05, 0) is 50.7 Å². The Balaban J connectivity index is 1.30. The zero-order chi connectivity index (χ0) is 20.0. The first-order valence-corrected chi connectivity index (χ1v) is 10.2. The second-order valence-electron chi connectivity index (χ2n) is 8.42. The summed E-state index contributed by atoms with van der Waals surface area (Å²) in [5.74, 6) is 1.79. The van der Waals surface area contributed by atoms with E-state index in [1.54, 1.807) is 18.6 Å². The lowest BCUT2D eigenvalue weighted by Crippen LogP contribution is -2.44. The molecule has 0 bridgehead atoms. The highest BCUT2D eigenvalue weighted by molar-refractivity contribution is 5.92. The Labute approximate surface area is 169 Å². The van der Waals surface area contributed by atoms with E-state index in [-0.39, 0.29) is 11.3 Å². The number of imidazole rings is 1. The van der Waals surface area contributed by atoms with Gasteiger partial charge in [-0.1, -0.05) is 0 Å². The molecule has 1 spiro atoms. The highest BCUT2D eigenvalue weighted by Crippen LogP contribution is 2.44. The summed E-state index contributed by atoms with van der Waals surface area (Å²) >= 11 is 0. The number of anilines is 1. The van der Waals surface area contributed by atoms with E-state index in [2.05, 4.69) is 31.8 Å². The smallest absolute Gasteiger partial charge is 0.271 e. The van der Waals surface area contributed by atoms with E-state index in [9.17, 15) is 4.79 Å². The Bertz CT molecular complexity index is 1050. The van der Waals surface area contributed by atoms with Gasteiger partial charge in [0.05, 0.1) is 6.20 Å². The molecule has 2 saturated heterocycles. The SMILES string of the molecule is Cc1ncc(C(=O)N2CCC3(CC2)CC(C)N(c2ccc4nccnc4n2)C3)[nH]1. The van der Waals surface area contributed by atoms with Crippen LogP contribution < -0.4 is 4.90 Å². The van der Waals surface area contributed by atoms with Crippen LogP contribution in [0, 0.1) is 12.3 Å². The van der Waals surface area contributed by atoms with Crippen molar-refractivity contribution in [3.63, 3.8) is 0 Å². The molecule has 5 heterocycles. The molecule has 150 valence electrons. The molecular formula is C21H25N7O. The lowest BCUT2D eigenvalue weighted by molar-refractivity contribution is 0.0601. The number of hydrogen-bond donors (Lipinski definition) is 1. The van der Waals surface area contributed by atoms with Gasteiger partial charge in [-0.3, -0.25) is 9.78 Å². The van der Waals surface area contributed by atoms with E-state index in [0.29, 0.717) is 17.4 Å². The van der Waals surface area contributed by atoms with Gasteiger partial charge in [0.15, 0.2) is 5.65 Å². The summed E-state index contributed by atoms with van der Waals surface area (Å²) < 4.78 is 0. The summed E-state index contributed by atoms with van der Waals surface area (Å²) in [6.45, 7) is 6.67. The quantitative estimate of drug-likeness (QED) is 0.722. The summed E-state index contributed by atoms with van der Waals surface area (Å²) in [7, 11) is 0. The molecule has 8 heteroatoms. The summed E-state index contributed by atoms with van der Waals surface area (Å²) in [5.41, 5.74) is 2.33. The fraction of sp³-hybridized carbons (Fsp3) is 0.476. The van der Waals surface area contributed by atoms with Crippen molar-refractivity contribution in [2.24, 2.45) is 5.41 Å². The van der Waals surface area contributed by atoms with Crippen LogP contribution in [0.15, 0.2) is 30.7 Å². The van der Waals surface area contributed by atoms with Crippen LogP contribution in [0.1, 0.15) is 42.5 Å². The number of carbonyl (C=O) groups is 1. The number of hydrogen-bond acceptors (Lipinski definition) is 6. The third-order valence-electron chi connectivity index (χ3n) is 6.42. The van der Waals surface area contributed by atoms with E-state index >= 15 is 0 Å². The van der Waals surface area contributed by atoms with Crippen molar-refractivity contribution < 1.29 is 4.79 Å². The molecule has 1 N–H and O–H groups in total. The minimum absolute atomic E-state index is 0.0538. The number of H-pyrrole nitrogens is 1. The van der Waals surface area contributed by atoms with Crippen LogP contribution in [0.25, 0.3) is 11.2 Å². The molecule has 2 aliphatic heterocycles. The number of aromatic amines is 1. The second kappa shape index (κ2) is 6.79. The molecule has 2 fully saturated rings. The number of fused-ring (bicyclic) bond motifs is 1. The third kappa shape index (κ3) is 3.22. The molecule has 0 aromatic carbocycles. The van der Waals surface area contributed by atoms with E-state index in [0.717, 1.165) is 56.1 Å². The third-order valence-corrected chi connectivity index (χ3v) is 6.42. The summed E-state index contributed by atoms with van der Waals surface area (Å²) in [5, 5.41) is 0. The summed E-state index contributed by atoms with van der Waals surface area (Å²) in [6, 6.07) is 4.45. The first-order chi connectivity index (χ1) is 14.0. The number of nitrogens with zero attached hydrogens (tertiary/aromatic N) is 6. The van der Waals surface area contributed by atoms with Gasteiger partial charge in [0, 0.05) is 38.1 Å². The molecule has 29 heavy (non-hydrogen) atoms. The largest absolute Gasteiger partial charge is 0.353 e. The Morgan fingerprint density at radius 1 is 1.17 bits per heavy atom. The number of piperidine rings is 1. The average molecular weight is 391 g/mol. The first kappa shape index (κ1) is 18.0. The van der Waals surface area contributed by atoms with Gasteiger partial charge in [0.2, 0.25) is 0 Å². The zero-order valence-electron chi connectivity index (χ0n) is 16.8. The number of carbonyl (C=O) groups excluding carboxylic acids is 1. The molecule has 1 atom stereocenters. The van der Waals surface area contributed by atoms with E-state index < -0.39 is 0 Å². The molecule has 1 amide bonds. The van der Waals surface area contributed by atoms with Gasteiger partial charge in [-0.2, -0.15) is 0 Å². The fourth-order valence-electron chi connectivity index (χ4n) is 4.88. The highest BCUT2D eigenvalue weighted by Gasteiger charge is 2.45. The molecule has 0 saturated carbocycles. The lowest BCUT2D eigenvalue weighted by Gasteiger charge is -2.39. The van der Waals surface area contributed by atoms with Gasteiger partial charge in [0.1, 0.15) is 22.9 Å². The Morgan fingerprint density at radius 2 is 1.97 bits per heavy atom. The van der Waals surface area contributed by atoms with Crippen molar-refractivity contribution in [1.82, 2.24) is 29.8 Å². The van der Waals surface area contributed by atoms with Crippen LogP contribution in [-0.4, -0.2) is 61.4 Å². The monoisotopic (exact) mass is 391 g/mol. The first-order valence-electron chi connectivity index (χ1n) is 10.2. The molecule has 1 unspecified atom stereocenters. The number of pyridine rings is 1. The van der Waals surface area contributed by atoms with Crippen LogP contribution in [0.5, 0.6) is 0 Å². The van der Waals surface area contributed by atoms with Gasteiger partial charge in [-0.25, -0.2) is 15.0 Å². The van der Waals surface area contributed by atoms with Crippen molar-refractivity contribution >= 4 is 22.9 Å². The van der Waals surface area contributed by atoms with E-state index in [1.807, 2.05) is 24.0 Å². The van der Waals surface area contributed by atoms with Crippen LogP contribution in [0.2, 0.25) is 0 Å². The van der Waals surface area contributed by atoms with Crippen LogP contribution in [0.4, 0.5) is 5.82 Å². The van der Waals surface area contributed by atoms with Crippen molar-refractivity contribution in [2.75, 3.05) is 24.5 Å². The molecule has 5 rings (SSSR count). The number of rotatable bonds is 2. The fourth-order valence-corrected chi connectivity index (χ4v) is 4.88. The van der Waals surface area contributed by atoms with Crippen LogP contribution in [0.3, 0.4) is 0 Å². The number of nitrogens with one attached hydrogen (secondary N) is 1. The minimum atomic E-state index is 0.0538. The molecule has 0 radical (unpaired) electrons. The van der Waals surface area contributed by atoms with Gasteiger partial charge in [0.25, 0.3) is 5.91 Å². The van der Waals surface area contributed by atoms with E-state index in [4.69, 9.17) is 4.98 Å². The van der Waals surface area contributed by atoms with Gasteiger partial charge < -0.3 is 14.8 Å². The lowest BCUT2D eigenvalue weighted by atomic mass is 9.76. The minimum Gasteiger partial charge on any atom is -0.353 e. The van der Waals surface area contributed by atoms with Crippen molar-refractivity contribution in [2.45, 2.75) is 39.2 Å².